The zero-order chi connectivity index (χ0) is 33.8. The molecular formula is C42H51N5. The molecule has 0 amide bonds. The third-order valence-electron chi connectivity index (χ3n) is 8.64. The Labute approximate surface area is 282 Å². The van der Waals surface area contributed by atoms with E-state index < -0.39 is 0 Å². The van der Waals surface area contributed by atoms with Gasteiger partial charge in [-0.15, -0.1) is 10.2 Å². The highest BCUT2D eigenvalue weighted by atomic mass is 15.5. The van der Waals surface area contributed by atoms with Crippen molar-refractivity contribution in [1.29, 1.82) is 0 Å². The molecule has 0 spiro atoms. The zero-order valence-electron chi connectivity index (χ0n) is 29.9. The monoisotopic (exact) mass is 625 g/mol. The SMILES string of the molecule is Cc1ccc(/C(=N\n2c(C(C)C)ccc2C(C)C)N(/C(=N/n2c(C(C)C)ccc2C(C)C)c2ccc(C)cc2)c2ccccc2)cc1. The maximum Gasteiger partial charge on any atom is 0.167 e. The first-order chi connectivity index (χ1) is 22.5. The first-order valence-electron chi connectivity index (χ1n) is 17.1. The second-order valence-corrected chi connectivity index (χ2v) is 13.9. The van der Waals surface area contributed by atoms with Crippen molar-refractivity contribution < 1.29 is 0 Å². The van der Waals surface area contributed by atoms with Crippen molar-refractivity contribution in [1.82, 2.24) is 9.35 Å². The number of amidine groups is 2. The average Bonchev–Trinajstić information content (AvgIpc) is 3.67. The Morgan fingerprint density at radius 2 is 0.766 bits per heavy atom. The molecule has 0 N–H and O–H groups in total. The van der Waals surface area contributed by atoms with Crippen molar-refractivity contribution in [2.75, 3.05) is 4.90 Å². The van der Waals surface area contributed by atoms with Gasteiger partial charge in [0.05, 0.1) is 0 Å². The van der Waals surface area contributed by atoms with Gasteiger partial charge in [-0.1, -0.05) is 133 Å². The largest absolute Gasteiger partial charge is 0.275 e. The lowest BCUT2D eigenvalue weighted by atomic mass is 10.1. The Kier molecular flexibility index (Phi) is 10.3. The van der Waals surface area contributed by atoms with Crippen LogP contribution in [0.3, 0.4) is 0 Å². The van der Waals surface area contributed by atoms with Crippen molar-refractivity contribution in [2.24, 2.45) is 10.2 Å². The van der Waals surface area contributed by atoms with E-state index >= 15 is 0 Å². The molecule has 0 unspecified atom stereocenters. The fourth-order valence-corrected chi connectivity index (χ4v) is 5.88. The second kappa shape index (κ2) is 14.4. The summed E-state index contributed by atoms with van der Waals surface area (Å²) in [6.45, 7) is 22.1. The van der Waals surface area contributed by atoms with Crippen molar-refractivity contribution >= 4 is 17.4 Å². The summed E-state index contributed by atoms with van der Waals surface area (Å²) in [4.78, 5) is 2.25. The highest BCUT2D eigenvalue weighted by Crippen LogP contribution is 2.29. The Hall–Kier alpha value is -4.64. The van der Waals surface area contributed by atoms with E-state index in [9.17, 15) is 0 Å². The number of aromatic nitrogens is 2. The van der Waals surface area contributed by atoms with Crippen LogP contribution in [0, 0.1) is 13.8 Å². The molecule has 0 aliphatic rings. The Balaban J connectivity index is 1.93. The fourth-order valence-electron chi connectivity index (χ4n) is 5.88. The molecule has 5 heteroatoms. The first-order valence-corrected chi connectivity index (χ1v) is 17.1. The lowest BCUT2D eigenvalue weighted by molar-refractivity contribution is 0.662. The fraction of sp³-hybridized carbons (Fsp3) is 0.333. The molecule has 2 heterocycles. The van der Waals surface area contributed by atoms with Gasteiger partial charge in [0.2, 0.25) is 0 Å². The van der Waals surface area contributed by atoms with Crippen LogP contribution in [0.25, 0.3) is 0 Å². The van der Waals surface area contributed by atoms with Crippen molar-refractivity contribution in [3.8, 4) is 0 Å². The van der Waals surface area contributed by atoms with Crippen molar-refractivity contribution in [3.63, 3.8) is 0 Å². The van der Waals surface area contributed by atoms with Crippen LogP contribution in [0.2, 0.25) is 0 Å². The molecule has 0 saturated heterocycles. The number of hydrogen-bond donors (Lipinski definition) is 0. The quantitative estimate of drug-likeness (QED) is 0.119. The lowest BCUT2D eigenvalue weighted by Crippen LogP contribution is -2.40. The van der Waals surface area contributed by atoms with Gasteiger partial charge < -0.3 is 0 Å². The molecule has 5 aromatic rings. The average molecular weight is 626 g/mol. The van der Waals surface area contributed by atoms with Crippen LogP contribution in [-0.2, 0) is 0 Å². The van der Waals surface area contributed by atoms with Gasteiger partial charge in [-0.2, -0.15) is 0 Å². The molecule has 0 saturated carbocycles. The molecule has 5 rings (SSSR count). The number of nitrogens with zero attached hydrogens (tertiary/aromatic N) is 5. The third kappa shape index (κ3) is 7.35. The minimum absolute atomic E-state index is 0.294. The van der Waals surface area contributed by atoms with Crippen LogP contribution in [0.1, 0.15) is 124 Å². The van der Waals surface area contributed by atoms with E-state index in [1.807, 2.05) is 0 Å². The molecule has 2 aromatic heterocycles. The van der Waals surface area contributed by atoms with Crippen molar-refractivity contribution in [2.45, 2.75) is 92.9 Å². The van der Waals surface area contributed by atoms with Gasteiger partial charge in [-0.3, -0.25) is 4.90 Å². The summed E-state index contributed by atoms with van der Waals surface area (Å²) in [7, 11) is 0. The van der Waals surface area contributed by atoms with Crippen molar-refractivity contribution in [3.05, 3.63) is 148 Å². The summed E-state index contributed by atoms with van der Waals surface area (Å²) in [6.07, 6.45) is 0. The lowest BCUT2D eigenvalue weighted by Gasteiger charge is -2.29. The van der Waals surface area contributed by atoms with Gasteiger partial charge in [0, 0.05) is 39.6 Å². The Morgan fingerprint density at radius 3 is 1.06 bits per heavy atom. The van der Waals surface area contributed by atoms with Gasteiger partial charge in [0.15, 0.2) is 11.7 Å². The summed E-state index contributed by atoms with van der Waals surface area (Å²) < 4.78 is 4.34. The van der Waals surface area contributed by atoms with Gasteiger partial charge in [0.25, 0.3) is 0 Å². The summed E-state index contributed by atoms with van der Waals surface area (Å²) in [5.74, 6) is 2.79. The minimum Gasteiger partial charge on any atom is -0.275 e. The zero-order valence-corrected chi connectivity index (χ0v) is 29.9. The van der Waals surface area contributed by atoms with Crippen LogP contribution in [0.5, 0.6) is 0 Å². The van der Waals surface area contributed by atoms with Crippen LogP contribution in [0.15, 0.2) is 113 Å². The topological polar surface area (TPSA) is 37.8 Å². The summed E-state index contributed by atoms with van der Waals surface area (Å²) in [6, 6.07) is 36.8. The van der Waals surface area contributed by atoms with E-state index in [0.717, 1.165) is 28.5 Å². The minimum atomic E-state index is 0.294. The molecule has 244 valence electrons. The summed E-state index contributed by atoms with van der Waals surface area (Å²) in [5.41, 5.74) is 10.1. The molecule has 0 aliphatic carbocycles. The van der Waals surface area contributed by atoms with Gasteiger partial charge in [0.1, 0.15) is 0 Å². The summed E-state index contributed by atoms with van der Waals surface area (Å²) in [5, 5.41) is 11.2. The van der Waals surface area contributed by atoms with E-state index in [1.165, 1.54) is 33.9 Å². The first kappa shape index (κ1) is 33.7. The molecule has 0 atom stereocenters. The molecule has 3 aromatic carbocycles. The smallest absolute Gasteiger partial charge is 0.167 e. The van der Waals surface area contributed by atoms with Crippen LogP contribution in [0.4, 0.5) is 5.69 Å². The van der Waals surface area contributed by atoms with Crippen LogP contribution < -0.4 is 4.90 Å². The van der Waals surface area contributed by atoms with Gasteiger partial charge in [-0.25, -0.2) is 9.35 Å². The summed E-state index contributed by atoms with van der Waals surface area (Å²) >= 11 is 0. The molecule has 47 heavy (non-hydrogen) atoms. The number of anilines is 1. The van der Waals surface area contributed by atoms with E-state index in [4.69, 9.17) is 10.2 Å². The predicted molar refractivity (Wildman–Crippen MR) is 200 cm³/mol. The molecule has 0 radical (unpaired) electrons. The maximum absolute atomic E-state index is 5.62. The van der Waals surface area contributed by atoms with E-state index in [2.05, 4.69) is 187 Å². The maximum atomic E-state index is 5.62. The van der Waals surface area contributed by atoms with Gasteiger partial charge in [-0.05, 0) is 73.9 Å². The molecule has 5 nitrogen and oxygen atoms in total. The number of benzene rings is 3. The Bertz CT molecular complexity index is 1660. The number of hydrogen-bond acceptors (Lipinski definition) is 2. The van der Waals surface area contributed by atoms with Gasteiger partial charge >= 0.3 is 0 Å². The second-order valence-electron chi connectivity index (χ2n) is 13.9. The van der Waals surface area contributed by atoms with Crippen LogP contribution in [-0.4, -0.2) is 21.0 Å². The van der Waals surface area contributed by atoms with E-state index in [1.54, 1.807) is 0 Å². The number of rotatable bonds is 9. The Morgan fingerprint density at radius 1 is 0.447 bits per heavy atom. The predicted octanol–water partition coefficient (Wildman–Crippen LogP) is 11.0. The third-order valence-corrected chi connectivity index (χ3v) is 8.64. The number of para-hydroxylation sites is 1. The van der Waals surface area contributed by atoms with E-state index in [-0.39, 0.29) is 0 Å². The highest BCUT2D eigenvalue weighted by molar-refractivity contribution is 6.29. The highest BCUT2D eigenvalue weighted by Gasteiger charge is 2.27. The number of aryl methyl sites for hydroxylation is 2. The van der Waals surface area contributed by atoms with E-state index in [0.29, 0.717) is 23.7 Å². The molecule has 0 bridgehead atoms. The standard InChI is InChI=1S/C42H51N5/c1-28(2)37-24-25-38(29(3)4)46(37)43-41(34-20-16-32(9)17-21-34)45(36-14-12-11-13-15-36)42(35-22-18-33(10)19-23-35)44-47-39(30(5)6)26-27-40(47)31(7)8/h11-31H,1-10H3/b43-41+,44-42+. The molecular weight excluding hydrogens is 574 g/mol. The normalized spacial score (nSPS) is 12.6. The van der Waals surface area contributed by atoms with Crippen LogP contribution >= 0.6 is 0 Å². The molecule has 0 fully saturated rings. The molecule has 0 aliphatic heterocycles.